The van der Waals surface area contributed by atoms with Crippen LogP contribution < -0.4 is 0 Å². The second-order valence-electron chi connectivity index (χ2n) is 17.5. The fourth-order valence-electron chi connectivity index (χ4n) is 11.2. The Hall–Kier alpha value is -8.72. The lowest BCUT2D eigenvalue weighted by atomic mass is 9.85. The van der Waals surface area contributed by atoms with Gasteiger partial charge < -0.3 is 8.98 Å². The van der Waals surface area contributed by atoms with E-state index in [-0.39, 0.29) is 0 Å². The molecule has 2 aromatic heterocycles. The molecule has 14 rings (SSSR count). The zero-order valence-corrected chi connectivity index (χ0v) is 35.9. The van der Waals surface area contributed by atoms with E-state index in [4.69, 9.17) is 4.42 Å². The number of benzene rings is 12. The molecule has 0 N–H and O–H groups in total. The third kappa shape index (κ3) is 5.42. The topological polar surface area (TPSA) is 18.1 Å². The smallest absolute Gasteiger partial charge is 0.136 e. The van der Waals surface area contributed by atoms with E-state index in [1.165, 1.54) is 104 Å². The van der Waals surface area contributed by atoms with Crippen LogP contribution in [0, 0.1) is 0 Å². The van der Waals surface area contributed by atoms with Gasteiger partial charge in [-0.3, -0.25) is 0 Å². The van der Waals surface area contributed by atoms with E-state index in [1.54, 1.807) is 0 Å². The number of aromatic nitrogens is 1. The molecular formula is C64H39NO. The van der Waals surface area contributed by atoms with Crippen molar-refractivity contribution in [2.45, 2.75) is 0 Å². The van der Waals surface area contributed by atoms with Crippen molar-refractivity contribution in [2.24, 2.45) is 0 Å². The quantitative estimate of drug-likeness (QED) is 0.158. The Morgan fingerprint density at radius 1 is 0.227 bits per heavy atom. The molecule has 0 unspecified atom stereocenters. The molecule has 2 heteroatoms. The Morgan fingerprint density at radius 2 is 0.621 bits per heavy atom. The molecule has 0 aliphatic heterocycles. The first-order chi connectivity index (χ1) is 32.8. The predicted octanol–water partition coefficient (Wildman–Crippen LogP) is 18.0. The van der Waals surface area contributed by atoms with Crippen molar-refractivity contribution in [3.05, 3.63) is 237 Å². The molecule has 0 atom stereocenters. The average molecular weight is 838 g/mol. The first kappa shape index (κ1) is 36.7. The molecule has 0 aliphatic carbocycles. The molecule has 0 aliphatic rings. The van der Waals surface area contributed by atoms with Crippen LogP contribution in [-0.2, 0) is 0 Å². The molecule has 0 saturated carbocycles. The molecule has 0 bridgehead atoms. The lowest BCUT2D eigenvalue weighted by molar-refractivity contribution is 0.669. The van der Waals surface area contributed by atoms with E-state index in [9.17, 15) is 0 Å². The maximum Gasteiger partial charge on any atom is 0.136 e. The Labute approximate surface area is 380 Å². The Kier molecular flexibility index (Phi) is 8.02. The first-order valence-corrected chi connectivity index (χ1v) is 22.8. The van der Waals surface area contributed by atoms with Crippen LogP contribution in [0.1, 0.15) is 0 Å². The summed E-state index contributed by atoms with van der Waals surface area (Å²) in [6, 6.07) is 86.4. The van der Waals surface area contributed by atoms with Gasteiger partial charge in [-0.25, -0.2) is 0 Å². The van der Waals surface area contributed by atoms with Gasteiger partial charge in [-0.2, -0.15) is 0 Å². The molecule has 0 saturated heterocycles. The SMILES string of the molecule is c1ccc(-c2c3ccccc3c(-c3ccc4oc5cc(-c6c7ccccc7c(-c7ccc8c9ccccc9n(-c9ccccc9)c8c7)c7ccccc67)ccc5c4c3)c3ccccc23)cc1. The monoisotopic (exact) mass is 837 g/mol. The summed E-state index contributed by atoms with van der Waals surface area (Å²) in [5.74, 6) is 0. The van der Waals surface area contributed by atoms with Gasteiger partial charge in [0.05, 0.1) is 11.0 Å². The number of nitrogens with zero attached hydrogens (tertiary/aromatic N) is 1. The molecule has 0 fully saturated rings. The largest absolute Gasteiger partial charge is 0.456 e. The normalized spacial score (nSPS) is 11.9. The molecule has 14 aromatic rings. The van der Waals surface area contributed by atoms with Crippen molar-refractivity contribution >= 4 is 86.8 Å². The van der Waals surface area contributed by atoms with E-state index in [0.717, 1.165) is 33.2 Å². The van der Waals surface area contributed by atoms with Gasteiger partial charge >= 0.3 is 0 Å². The first-order valence-electron chi connectivity index (χ1n) is 22.8. The van der Waals surface area contributed by atoms with E-state index in [1.807, 2.05) is 0 Å². The number of hydrogen-bond acceptors (Lipinski definition) is 1. The summed E-state index contributed by atoms with van der Waals surface area (Å²) >= 11 is 0. The highest BCUT2D eigenvalue weighted by molar-refractivity contribution is 6.24. The van der Waals surface area contributed by atoms with Crippen LogP contribution in [0.2, 0.25) is 0 Å². The van der Waals surface area contributed by atoms with Crippen molar-refractivity contribution in [2.75, 3.05) is 0 Å². The Morgan fingerprint density at radius 3 is 1.17 bits per heavy atom. The van der Waals surface area contributed by atoms with E-state index >= 15 is 0 Å². The molecular weight excluding hydrogens is 799 g/mol. The van der Waals surface area contributed by atoms with Crippen LogP contribution in [0.4, 0.5) is 0 Å². The molecule has 0 amide bonds. The summed E-state index contributed by atoms with van der Waals surface area (Å²) in [5.41, 5.74) is 15.0. The van der Waals surface area contributed by atoms with Gasteiger partial charge in [-0.15, -0.1) is 0 Å². The summed E-state index contributed by atoms with van der Waals surface area (Å²) in [6.07, 6.45) is 0. The molecule has 2 heterocycles. The highest BCUT2D eigenvalue weighted by atomic mass is 16.3. The summed E-state index contributed by atoms with van der Waals surface area (Å²) in [7, 11) is 0. The minimum Gasteiger partial charge on any atom is -0.456 e. The zero-order valence-electron chi connectivity index (χ0n) is 35.9. The molecule has 12 aromatic carbocycles. The number of para-hydroxylation sites is 2. The van der Waals surface area contributed by atoms with Crippen LogP contribution in [0.5, 0.6) is 0 Å². The van der Waals surface area contributed by atoms with Crippen molar-refractivity contribution in [3.8, 4) is 50.2 Å². The van der Waals surface area contributed by atoms with Crippen molar-refractivity contribution in [1.82, 2.24) is 4.57 Å². The van der Waals surface area contributed by atoms with Crippen molar-refractivity contribution in [1.29, 1.82) is 0 Å². The number of hydrogen-bond donors (Lipinski definition) is 0. The van der Waals surface area contributed by atoms with Crippen LogP contribution >= 0.6 is 0 Å². The van der Waals surface area contributed by atoms with Gasteiger partial charge in [-0.05, 0) is 136 Å². The number of rotatable bonds is 5. The summed E-state index contributed by atoms with van der Waals surface area (Å²) < 4.78 is 9.19. The van der Waals surface area contributed by atoms with Gasteiger partial charge in [0.2, 0.25) is 0 Å². The van der Waals surface area contributed by atoms with Gasteiger partial charge in [0.15, 0.2) is 0 Å². The minimum absolute atomic E-state index is 0.880. The van der Waals surface area contributed by atoms with Gasteiger partial charge in [-0.1, -0.05) is 188 Å². The van der Waals surface area contributed by atoms with Gasteiger partial charge in [0.1, 0.15) is 11.2 Å². The fourth-order valence-corrected chi connectivity index (χ4v) is 11.2. The summed E-state index contributed by atoms with van der Waals surface area (Å²) in [4.78, 5) is 0. The second-order valence-corrected chi connectivity index (χ2v) is 17.5. The van der Waals surface area contributed by atoms with Crippen LogP contribution in [-0.4, -0.2) is 4.57 Å². The average Bonchev–Trinajstić information content (AvgIpc) is 3.92. The molecule has 66 heavy (non-hydrogen) atoms. The van der Waals surface area contributed by atoms with E-state index in [0.29, 0.717) is 0 Å². The third-order valence-corrected chi connectivity index (χ3v) is 14.0. The van der Waals surface area contributed by atoms with E-state index in [2.05, 4.69) is 241 Å². The van der Waals surface area contributed by atoms with Crippen LogP contribution in [0.25, 0.3) is 137 Å². The molecule has 306 valence electrons. The van der Waals surface area contributed by atoms with Crippen molar-refractivity contribution < 1.29 is 4.42 Å². The summed E-state index contributed by atoms with van der Waals surface area (Å²) in [5, 5.41) is 14.6. The minimum atomic E-state index is 0.880. The Balaban J connectivity index is 0.949. The molecule has 0 spiro atoms. The standard InChI is InChI=1S/C64H39NO/c1-3-17-40(18-4-1)61-48-22-7-9-24-50(48)62(51-25-10-8-23-49(51)61)41-33-36-59-56(37-41)47-35-32-43(39-60(47)66-59)64-54-28-13-11-26-52(54)63(53-27-12-14-29-55(53)64)42-31-34-46-45-21-15-16-30-57(45)65(58(46)38-42)44-19-5-2-6-20-44/h1-39H. The fraction of sp³-hybridized carbons (Fsp3) is 0. The number of furan rings is 1. The summed E-state index contributed by atoms with van der Waals surface area (Å²) in [6.45, 7) is 0. The van der Waals surface area contributed by atoms with Gasteiger partial charge in [0.25, 0.3) is 0 Å². The lowest BCUT2D eigenvalue weighted by Crippen LogP contribution is -1.94. The zero-order chi connectivity index (χ0) is 43.3. The lowest BCUT2D eigenvalue weighted by Gasteiger charge is -2.18. The molecule has 0 radical (unpaired) electrons. The highest BCUT2D eigenvalue weighted by Gasteiger charge is 2.21. The van der Waals surface area contributed by atoms with E-state index < -0.39 is 0 Å². The highest BCUT2D eigenvalue weighted by Crippen LogP contribution is 2.48. The second kappa shape index (κ2) is 14.4. The van der Waals surface area contributed by atoms with Crippen molar-refractivity contribution in [3.63, 3.8) is 0 Å². The molecule has 2 nitrogen and oxygen atoms in total. The Bertz CT molecular complexity index is 4160. The van der Waals surface area contributed by atoms with Crippen LogP contribution in [0.15, 0.2) is 241 Å². The maximum absolute atomic E-state index is 6.79. The predicted molar refractivity (Wildman–Crippen MR) is 280 cm³/mol. The maximum atomic E-state index is 6.79. The van der Waals surface area contributed by atoms with Gasteiger partial charge in [0, 0.05) is 27.2 Å². The third-order valence-electron chi connectivity index (χ3n) is 14.0. The van der Waals surface area contributed by atoms with Crippen LogP contribution in [0.3, 0.4) is 0 Å². The number of fused-ring (bicyclic) bond motifs is 10.